The topological polar surface area (TPSA) is 157 Å². The highest BCUT2D eigenvalue weighted by Gasteiger charge is 2.28. The van der Waals surface area contributed by atoms with Crippen molar-refractivity contribution in [1.29, 1.82) is 0 Å². The van der Waals surface area contributed by atoms with Gasteiger partial charge in [-0.2, -0.15) is 18.2 Å². The summed E-state index contributed by atoms with van der Waals surface area (Å²) in [6.07, 6.45) is -3.55. The van der Waals surface area contributed by atoms with E-state index in [-0.39, 0.29) is 43.3 Å². The molecule has 0 aliphatic rings. The number of aromatic nitrogens is 3. The molecule has 0 radical (unpaired) electrons. The minimum atomic E-state index is -4.55. The quantitative estimate of drug-likeness (QED) is 0.259. The van der Waals surface area contributed by atoms with Crippen molar-refractivity contribution < 1.29 is 30.0 Å². The van der Waals surface area contributed by atoms with Gasteiger partial charge in [0.15, 0.2) is 15.7 Å². The number of alkyl halides is 3. The van der Waals surface area contributed by atoms with Gasteiger partial charge in [0, 0.05) is 11.8 Å². The predicted molar refractivity (Wildman–Crippen MR) is 145 cm³/mol. The molecule has 0 bridgehead atoms. The van der Waals surface area contributed by atoms with Crippen LogP contribution in [0.4, 0.5) is 24.9 Å². The van der Waals surface area contributed by atoms with E-state index in [1.807, 2.05) is 0 Å². The zero-order chi connectivity index (χ0) is 29.5. The van der Waals surface area contributed by atoms with Crippen LogP contribution in [0.15, 0.2) is 64.4 Å². The maximum atomic E-state index is 13.1. The van der Waals surface area contributed by atoms with E-state index in [0.717, 1.165) is 6.26 Å². The highest BCUT2D eigenvalue weighted by Crippen LogP contribution is 2.31. The van der Waals surface area contributed by atoms with Crippen molar-refractivity contribution in [2.24, 2.45) is 5.14 Å². The fraction of sp³-hybridized carbons (Fsp3) is 0.208. The van der Waals surface area contributed by atoms with Gasteiger partial charge in [0.2, 0.25) is 16.0 Å². The van der Waals surface area contributed by atoms with Gasteiger partial charge < -0.3 is 10.6 Å². The van der Waals surface area contributed by atoms with Gasteiger partial charge in [-0.15, -0.1) is 0 Å². The number of halogens is 4. The van der Waals surface area contributed by atoms with Crippen LogP contribution in [0, 0.1) is 0 Å². The third-order valence-electron chi connectivity index (χ3n) is 5.68. The fourth-order valence-electron chi connectivity index (χ4n) is 3.72. The molecule has 2 aromatic carbocycles. The van der Waals surface area contributed by atoms with Crippen molar-refractivity contribution in [3.63, 3.8) is 0 Å². The number of hydrogen-bond donors (Lipinski definition) is 3. The van der Waals surface area contributed by atoms with E-state index in [9.17, 15) is 30.0 Å². The highest BCUT2D eigenvalue weighted by molar-refractivity contribution is 7.90. The Bertz CT molecular complexity index is 1800. The number of nitrogens with two attached hydrogens (primary N) is 1. The lowest BCUT2D eigenvalue weighted by Gasteiger charge is -2.17. The Morgan fingerprint density at radius 1 is 0.975 bits per heavy atom. The number of nitrogens with one attached hydrogen (secondary N) is 2. The number of sulfonamides is 1. The molecule has 0 saturated carbocycles. The van der Waals surface area contributed by atoms with E-state index in [0.29, 0.717) is 11.1 Å². The maximum absolute atomic E-state index is 13.1. The van der Waals surface area contributed by atoms with Crippen LogP contribution in [-0.2, 0) is 19.9 Å². The van der Waals surface area contributed by atoms with Gasteiger partial charge in [0.05, 0.1) is 32.1 Å². The summed E-state index contributed by atoms with van der Waals surface area (Å²) in [7, 11) is -7.53. The van der Waals surface area contributed by atoms with E-state index in [1.54, 1.807) is 6.92 Å². The molecule has 0 aliphatic heterocycles. The summed E-state index contributed by atoms with van der Waals surface area (Å²) in [6.45, 7) is 0.331. The Morgan fingerprint density at radius 3 is 2.25 bits per heavy atom. The molecule has 1 atom stereocenters. The lowest BCUT2D eigenvalue weighted by atomic mass is 10.1. The number of nitrogens with zero attached hydrogens (tertiary/aromatic N) is 3. The summed E-state index contributed by atoms with van der Waals surface area (Å²) in [5, 5.41) is 10.4. The summed E-state index contributed by atoms with van der Waals surface area (Å²) in [5.41, 5.74) is 1.50. The molecule has 10 nitrogen and oxygen atoms in total. The average Bonchev–Trinajstić information content (AvgIpc) is 2.85. The second-order valence-electron chi connectivity index (χ2n) is 8.83. The molecule has 40 heavy (non-hydrogen) atoms. The van der Waals surface area contributed by atoms with Gasteiger partial charge in [-0.25, -0.2) is 31.9 Å². The Hall–Kier alpha value is -3.53. The van der Waals surface area contributed by atoms with Gasteiger partial charge in [-0.3, -0.25) is 0 Å². The Labute approximate surface area is 232 Å². The Morgan fingerprint density at radius 2 is 1.65 bits per heavy atom. The molecular weight excluding hydrogens is 593 g/mol. The summed E-state index contributed by atoms with van der Waals surface area (Å²) >= 11 is 6.03. The predicted octanol–water partition coefficient (Wildman–Crippen LogP) is 4.54. The fourth-order valence-corrected chi connectivity index (χ4v) is 5.53. The normalized spacial score (nSPS) is 13.3. The van der Waals surface area contributed by atoms with Crippen LogP contribution >= 0.6 is 11.6 Å². The molecule has 0 amide bonds. The third-order valence-corrected chi connectivity index (χ3v) is 8.19. The number of pyridine rings is 1. The molecule has 212 valence electrons. The van der Waals surface area contributed by atoms with Crippen LogP contribution < -0.4 is 15.8 Å². The first-order chi connectivity index (χ1) is 18.5. The molecule has 2 aromatic heterocycles. The first-order valence-corrected chi connectivity index (χ1v) is 15.2. The van der Waals surface area contributed by atoms with Gasteiger partial charge in [0.1, 0.15) is 12.1 Å². The number of primary sulfonamides is 1. The summed E-state index contributed by atoms with van der Waals surface area (Å²) in [4.78, 5) is 12.8. The average molecular weight is 615 g/mol. The van der Waals surface area contributed by atoms with E-state index >= 15 is 0 Å². The first kappa shape index (κ1) is 29.5. The minimum absolute atomic E-state index is 0.0133. The van der Waals surface area contributed by atoms with E-state index in [1.165, 1.54) is 54.6 Å². The van der Waals surface area contributed by atoms with Crippen LogP contribution in [0.5, 0.6) is 0 Å². The maximum Gasteiger partial charge on any atom is 0.405 e. The van der Waals surface area contributed by atoms with Gasteiger partial charge >= 0.3 is 6.18 Å². The number of benzene rings is 2. The van der Waals surface area contributed by atoms with Gasteiger partial charge in [0.25, 0.3) is 0 Å². The molecule has 4 rings (SSSR count). The number of hydrogen-bond acceptors (Lipinski definition) is 9. The Kier molecular flexibility index (Phi) is 7.95. The van der Waals surface area contributed by atoms with Crippen LogP contribution in [0.2, 0.25) is 5.02 Å². The zero-order valence-corrected chi connectivity index (χ0v) is 23.2. The molecule has 4 aromatic rings. The molecule has 0 unspecified atom stereocenters. The van der Waals surface area contributed by atoms with Gasteiger partial charge in [-0.1, -0.05) is 29.8 Å². The SMILES string of the molecule is C[C@@H](Nc1nc(NCC(F)(F)F)c2nc(-c3ccc(Cl)c(S(C)(=O)=O)c3)ccc2n1)c1ccc(S(N)(=O)=O)cc1. The van der Waals surface area contributed by atoms with Crippen LogP contribution in [0.1, 0.15) is 18.5 Å². The Balaban J connectivity index is 1.74. The monoisotopic (exact) mass is 614 g/mol. The summed E-state index contributed by atoms with van der Waals surface area (Å²) < 4.78 is 86.4. The van der Waals surface area contributed by atoms with Crippen LogP contribution in [-0.4, -0.2) is 50.8 Å². The second kappa shape index (κ2) is 10.8. The lowest BCUT2D eigenvalue weighted by Crippen LogP contribution is -2.22. The lowest BCUT2D eigenvalue weighted by molar-refractivity contribution is -0.115. The number of sulfone groups is 1. The molecule has 0 aliphatic carbocycles. The molecule has 16 heteroatoms. The van der Waals surface area contributed by atoms with Crippen LogP contribution in [0.25, 0.3) is 22.3 Å². The van der Waals surface area contributed by atoms with Crippen molar-refractivity contribution in [2.75, 3.05) is 23.4 Å². The smallest absolute Gasteiger partial charge is 0.359 e. The number of anilines is 2. The molecule has 0 fully saturated rings. The second-order valence-corrected chi connectivity index (χ2v) is 12.8. The molecule has 4 N–H and O–H groups in total. The van der Waals surface area contributed by atoms with Crippen molar-refractivity contribution in [3.05, 3.63) is 65.2 Å². The number of rotatable bonds is 8. The third kappa shape index (κ3) is 6.96. The summed E-state index contributed by atoms with van der Waals surface area (Å²) in [5.74, 6) is -0.221. The minimum Gasteiger partial charge on any atom is -0.359 e. The molecular formula is C24H22ClF3N6O4S2. The van der Waals surface area contributed by atoms with E-state index < -0.39 is 38.6 Å². The molecule has 0 spiro atoms. The largest absolute Gasteiger partial charge is 0.405 e. The van der Waals surface area contributed by atoms with E-state index in [4.69, 9.17) is 16.7 Å². The highest BCUT2D eigenvalue weighted by atomic mass is 35.5. The van der Waals surface area contributed by atoms with Gasteiger partial charge in [-0.05, 0) is 48.9 Å². The molecule has 2 heterocycles. The standard InChI is InChI=1S/C24H22ClF3N6O4S2/c1-13(14-3-6-16(7-4-14)40(29,37)38)31-23-33-19-10-9-18(15-5-8-17(25)20(11-15)39(2,35)36)32-21(19)22(34-23)30-12-24(26,27)28/h3-11,13H,12H2,1-2H3,(H2,29,37,38)(H2,30,31,33,34)/t13-/m1/s1. The van der Waals surface area contributed by atoms with Crippen molar-refractivity contribution >= 4 is 54.3 Å². The zero-order valence-electron chi connectivity index (χ0n) is 20.9. The van der Waals surface area contributed by atoms with Crippen molar-refractivity contribution in [2.45, 2.75) is 28.9 Å². The van der Waals surface area contributed by atoms with Crippen molar-refractivity contribution in [1.82, 2.24) is 15.0 Å². The van der Waals surface area contributed by atoms with Crippen molar-refractivity contribution in [3.8, 4) is 11.3 Å². The van der Waals surface area contributed by atoms with Crippen LogP contribution in [0.3, 0.4) is 0 Å². The summed E-state index contributed by atoms with van der Waals surface area (Å²) in [6, 6.07) is 12.6. The number of fused-ring (bicyclic) bond motifs is 1. The van der Waals surface area contributed by atoms with E-state index in [2.05, 4.69) is 25.6 Å². The molecule has 0 saturated heterocycles. The first-order valence-electron chi connectivity index (χ1n) is 11.4.